The average molecular weight is 285 g/mol. The summed E-state index contributed by atoms with van der Waals surface area (Å²) in [6.07, 6.45) is 9.19. The van der Waals surface area contributed by atoms with E-state index in [4.69, 9.17) is 0 Å². The quantitative estimate of drug-likeness (QED) is 0.805. The zero-order valence-corrected chi connectivity index (χ0v) is 14.1. The van der Waals surface area contributed by atoms with Crippen molar-refractivity contribution in [1.82, 2.24) is 10.2 Å². The highest BCUT2D eigenvalue weighted by Gasteiger charge is 2.40. The summed E-state index contributed by atoms with van der Waals surface area (Å²) < 4.78 is 0.588. The fourth-order valence-corrected chi connectivity index (χ4v) is 4.50. The Kier molecular flexibility index (Phi) is 5.62. The van der Waals surface area contributed by atoms with Crippen LogP contribution >= 0.6 is 11.8 Å². The Morgan fingerprint density at radius 2 is 2.11 bits per heavy atom. The SMILES string of the molecule is CCC(C)C1CN(CC2(SC)CCC2)C(CC)CN1. The van der Waals surface area contributed by atoms with Gasteiger partial charge in [-0.2, -0.15) is 11.8 Å². The van der Waals surface area contributed by atoms with Crippen LogP contribution in [0.4, 0.5) is 0 Å². The molecule has 2 nitrogen and oxygen atoms in total. The van der Waals surface area contributed by atoms with Crippen LogP contribution in [0.5, 0.6) is 0 Å². The van der Waals surface area contributed by atoms with Crippen LogP contribution in [-0.4, -0.2) is 47.6 Å². The summed E-state index contributed by atoms with van der Waals surface area (Å²) >= 11 is 2.12. The van der Waals surface area contributed by atoms with Gasteiger partial charge in [-0.1, -0.05) is 33.6 Å². The summed E-state index contributed by atoms with van der Waals surface area (Å²) in [5, 5.41) is 3.79. The van der Waals surface area contributed by atoms with Crippen LogP contribution in [0.15, 0.2) is 0 Å². The zero-order valence-electron chi connectivity index (χ0n) is 13.2. The lowest BCUT2D eigenvalue weighted by Crippen LogP contribution is -2.61. The van der Waals surface area contributed by atoms with Crippen molar-refractivity contribution in [3.05, 3.63) is 0 Å². The molecule has 0 bridgehead atoms. The summed E-state index contributed by atoms with van der Waals surface area (Å²) in [5.41, 5.74) is 0. The van der Waals surface area contributed by atoms with Gasteiger partial charge in [-0.3, -0.25) is 4.90 Å². The lowest BCUT2D eigenvalue weighted by molar-refractivity contribution is 0.0827. The molecule has 3 unspecified atom stereocenters. The molecular formula is C16H32N2S. The largest absolute Gasteiger partial charge is 0.311 e. The smallest absolute Gasteiger partial charge is 0.0284 e. The minimum absolute atomic E-state index is 0.588. The van der Waals surface area contributed by atoms with Crippen molar-refractivity contribution in [3.8, 4) is 0 Å². The Balaban J connectivity index is 1.97. The molecule has 0 aromatic carbocycles. The summed E-state index contributed by atoms with van der Waals surface area (Å²) in [4.78, 5) is 2.81. The molecule has 0 spiro atoms. The number of piperazine rings is 1. The van der Waals surface area contributed by atoms with Gasteiger partial charge in [-0.05, 0) is 31.4 Å². The molecule has 112 valence electrons. The predicted molar refractivity (Wildman–Crippen MR) is 87.0 cm³/mol. The summed E-state index contributed by atoms with van der Waals surface area (Å²) in [6, 6.07) is 1.46. The molecule has 1 N–H and O–H groups in total. The molecule has 3 heteroatoms. The van der Waals surface area contributed by atoms with Crippen LogP contribution < -0.4 is 5.32 Å². The lowest BCUT2D eigenvalue weighted by Gasteiger charge is -2.49. The van der Waals surface area contributed by atoms with Crippen LogP contribution in [0.2, 0.25) is 0 Å². The minimum atomic E-state index is 0.588. The summed E-state index contributed by atoms with van der Waals surface area (Å²) in [6.45, 7) is 10.8. The number of nitrogens with zero attached hydrogens (tertiary/aromatic N) is 1. The zero-order chi connectivity index (χ0) is 13.9. The van der Waals surface area contributed by atoms with Gasteiger partial charge >= 0.3 is 0 Å². The molecule has 19 heavy (non-hydrogen) atoms. The Bertz CT molecular complexity index is 272. The maximum absolute atomic E-state index is 3.79. The number of hydrogen-bond donors (Lipinski definition) is 1. The Morgan fingerprint density at radius 3 is 2.58 bits per heavy atom. The highest BCUT2D eigenvalue weighted by molar-refractivity contribution is 8.00. The Labute approximate surface area is 124 Å². The summed E-state index contributed by atoms with van der Waals surface area (Å²) in [7, 11) is 0. The van der Waals surface area contributed by atoms with Gasteiger partial charge in [0, 0.05) is 36.5 Å². The Morgan fingerprint density at radius 1 is 1.37 bits per heavy atom. The monoisotopic (exact) mass is 284 g/mol. The van der Waals surface area contributed by atoms with Gasteiger partial charge in [0.1, 0.15) is 0 Å². The Hall–Kier alpha value is 0.270. The van der Waals surface area contributed by atoms with E-state index in [1.54, 1.807) is 0 Å². The maximum Gasteiger partial charge on any atom is 0.0284 e. The van der Waals surface area contributed by atoms with Crippen molar-refractivity contribution in [1.29, 1.82) is 0 Å². The third-order valence-corrected chi connectivity index (χ3v) is 6.96. The van der Waals surface area contributed by atoms with Gasteiger partial charge in [0.25, 0.3) is 0 Å². The molecule has 0 aromatic rings. The van der Waals surface area contributed by atoms with Gasteiger partial charge in [-0.15, -0.1) is 0 Å². The average Bonchev–Trinajstić information content (AvgIpc) is 2.41. The summed E-state index contributed by atoms with van der Waals surface area (Å²) in [5.74, 6) is 0.798. The molecule has 2 rings (SSSR count). The van der Waals surface area contributed by atoms with E-state index in [0.717, 1.165) is 12.0 Å². The van der Waals surface area contributed by atoms with Crippen molar-refractivity contribution >= 4 is 11.8 Å². The van der Waals surface area contributed by atoms with E-state index in [9.17, 15) is 0 Å². The van der Waals surface area contributed by atoms with E-state index in [1.165, 1.54) is 51.7 Å². The molecular weight excluding hydrogens is 252 g/mol. The van der Waals surface area contributed by atoms with Crippen molar-refractivity contribution in [3.63, 3.8) is 0 Å². The van der Waals surface area contributed by atoms with E-state index in [1.807, 2.05) is 0 Å². The first-order valence-electron chi connectivity index (χ1n) is 8.16. The van der Waals surface area contributed by atoms with E-state index >= 15 is 0 Å². The molecule has 0 radical (unpaired) electrons. The molecule has 2 aliphatic rings. The first kappa shape index (κ1) is 15.7. The number of thioether (sulfide) groups is 1. The van der Waals surface area contributed by atoms with Gasteiger partial charge in [0.05, 0.1) is 0 Å². The topological polar surface area (TPSA) is 15.3 Å². The van der Waals surface area contributed by atoms with Crippen LogP contribution in [0.25, 0.3) is 0 Å². The molecule has 2 fully saturated rings. The van der Waals surface area contributed by atoms with Crippen molar-refractivity contribution < 1.29 is 0 Å². The lowest BCUT2D eigenvalue weighted by atomic mass is 9.82. The highest BCUT2D eigenvalue weighted by atomic mass is 32.2. The fourth-order valence-electron chi connectivity index (χ4n) is 3.51. The number of hydrogen-bond acceptors (Lipinski definition) is 3. The molecule has 1 aliphatic heterocycles. The number of nitrogens with one attached hydrogen (secondary N) is 1. The normalized spacial score (nSPS) is 32.8. The first-order chi connectivity index (χ1) is 9.14. The molecule has 3 atom stereocenters. The molecule has 1 saturated heterocycles. The van der Waals surface area contributed by atoms with Crippen LogP contribution in [0, 0.1) is 5.92 Å². The fraction of sp³-hybridized carbons (Fsp3) is 1.00. The van der Waals surface area contributed by atoms with Gasteiger partial charge in [0.2, 0.25) is 0 Å². The van der Waals surface area contributed by atoms with E-state index < -0.39 is 0 Å². The standard InChI is InChI=1S/C16H32N2S/c1-5-13(3)15-11-18(14(6-2)10-17-15)12-16(19-4)8-7-9-16/h13-15,17H,5-12H2,1-4H3. The molecule has 0 aromatic heterocycles. The minimum Gasteiger partial charge on any atom is -0.311 e. The third kappa shape index (κ3) is 3.48. The molecule has 0 amide bonds. The van der Waals surface area contributed by atoms with Crippen molar-refractivity contribution in [2.24, 2.45) is 5.92 Å². The molecule has 1 saturated carbocycles. The second-order valence-corrected chi connectivity index (χ2v) is 7.91. The van der Waals surface area contributed by atoms with Crippen LogP contribution in [0.1, 0.15) is 52.9 Å². The van der Waals surface area contributed by atoms with Gasteiger partial charge in [-0.25, -0.2) is 0 Å². The molecule has 1 heterocycles. The predicted octanol–water partition coefficient (Wildman–Crippen LogP) is 3.37. The second-order valence-electron chi connectivity index (χ2n) is 6.63. The van der Waals surface area contributed by atoms with E-state index in [-0.39, 0.29) is 0 Å². The third-order valence-electron chi connectivity index (χ3n) is 5.55. The molecule has 1 aliphatic carbocycles. The van der Waals surface area contributed by atoms with Crippen LogP contribution in [0.3, 0.4) is 0 Å². The van der Waals surface area contributed by atoms with Crippen LogP contribution in [-0.2, 0) is 0 Å². The second kappa shape index (κ2) is 6.82. The van der Waals surface area contributed by atoms with Crippen molar-refractivity contribution in [2.75, 3.05) is 25.9 Å². The van der Waals surface area contributed by atoms with Crippen molar-refractivity contribution in [2.45, 2.75) is 69.7 Å². The van der Waals surface area contributed by atoms with Gasteiger partial charge in [0.15, 0.2) is 0 Å². The number of rotatable bonds is 6. The van der Waals surface area contributed by atoms with E-state index in [2.05, 4.69) is 49.0 Å². The first-order valence-corrected chi connectivity index (χ1v) is 9.39. The maximum atomic E-state index is 3.79. The van der Waals surface area contributed by atoms with E-state index in [0.29, 0.717) is 10.8 Å². The highest BCUT2D eigenvalue weighted by Crippen LogP contribution is 2.44. The van der Waals surface area contributed by atoms with Gasteiger partial charge < -0.3 is 5.32 Å².